The summed E-state index contributed by atoms with van der Waals surface area (Å²) >= 11 is 0. The second-order valence-corrected chi connectivity index (χ2v) is 12.0. The molecular weight excluding hydrogens is 475 g/mol. The van der Waals surface area contributed by atoms with Crippen molar-refractivity contribution in [3.63, 3.8) is 0 Å². The molecule has 3 aromatic carbocycles. The Morgan fingerprint density at radius 2 is 1.31 bits per heavy atom. The van der Waals surface area contributed by atoms with Gasteiger partial charge in [0.15, 0.2) is 0 Å². The molecule has 0 spiro atoms. The van der Waals surface area contributed by atoms with Crippen molar-refractivity contribution >= 4 is 10.8 Å². The van der Waals surface area contributed by atoms with E-state index in [0.717, 1.165) is 35.6 Å². The molecule has 1 saturated carbocycles. The van der Waals surface area contributed by atoms with Crippen molar-refractivity contribution in [2.24, 2.45) is 11.8 Å². The van der Waals surface area contributed by atoms with Gasteiger partial charge in [0.1, 0.15) is 5.82 Å². The van der Waals surface area contributed by atoms with Crippen molar-refractivity contribution in [2.45, 2.75) is 117 Å². The minimum atomic E-state index is -0.198. The maximum absolute atomic E-state index is 15.3. The number of halogens is 1. The molecule has 1 heteroatoms. The van der Waals surface area contributed by atoms with Crippen LogP contribution < -0.4 is 0 Å². The standard InChI is InChI=1S/C38H49F/c1-3-5-7-9-11-30-13-17-32(18-14-30)21-22-34-24-28-37-36(29-34)27-26-35(38(37)39)25-23-33-19-15-31(16-20-33)12-10-8-6-4-2/h15-16,19-20,24,26-30,32H,3-14,17-18,21-22H2,1-2H3. The van der Waals surface area contributed by atoms with Gasteiger partial charge in [-0.3, -0.25) is 0 Å². The number of unbranched alkanes of at least 4 members (excludes halogenated alkanes) is 6. The molecule has 1 aliphatic carbocycles. The molecule has 0 aromatic heterocycles. The quantitative estimate of drug-likeness (QED) is 0.154. The molecule has 0 nitrogen and oxygen atoms in total. The van der Waals surface area contributed by atoms with Crippen molar-refractivity contribution in [1.82, 2.24) is 0 Å². The first-order valence-electron chi connectivity index (χ1n) is 16.0. The maximum Gasteiger partial charge on any atom is 0.146 e. The van der Waals surface area contributed by atoms with E-state index in [1.165, 1.54) is 101 Å². The summed E-state index contributed by atoms with van der Waals surface area (Å²) in [6, 6.07) is 18.6. The third kappa shape index (κ3) is 9.24. The zero-order valence-corrected chi connectivity index (χ0v) is 24.5. The average Bonchev–Trinajstić information content (AvgIpc) is 2.97. The molecule has 0 N–H and O–H groups in total. The first kappa shape index (κ1) is 29.4. The molecule has 39 heavy (non-hydrogen) atoms. The molecule has 0 unspecified atom stereocenters. The lowest BCUT2D eigenvalue weighted by atomic mass is 9.77. The number of fused-ring (bicyclic) bond motifs is 1. The third-order valence-electron chi connectivity index (χ3n) is 8.91. The smallest absolute Gasteiger partial charge is 0.146 e. The van der Waals surface area contributed by atoms with Gasteiger partial charge in [-0.25, -0.2) is 4.39 Å². The van der Waals surface area contributed by atoms with Crippen molar-refractivity contribution in [3.8, 4) is 11.8 Å². The van der Waals surface area contributed by atoms with E-state index in [2.05, 4.69) is 62.1 Å². The number of hydrogen-bond donors (Lipinski definition) is 0. The van der Waals surface area contributed by atoms with Crippen LogP contribution in [0.15, 0.2) is 54.6 Å². The van der Waals surface area contributed by atoms with E-state index in [1.807, 2.05) is 18.2 Å². The summed E-state index contributed by atoms with van der Waals surface area (Å²) in [4.78, 5) is 0. The van der Waals surface area contributed by atoms with Crippen LogP contribution in [0.1, 0.15) is 126 Å². The Kier molecular flexibility index (Phi) is 12.0. The van der Waals surface area contributed by atoms with Gasteiger partial charge in [-0.2, -0.15) is 0 Å². The van der Waals surface area contributed by atoms with Crippen LogP contribution in [0, 0.1) is 29.5 Å². The van der Waals surface area contributed by atoms with E-state index >= 15 is 4.39 Å². The highest BCUT2D eigenvalue weighted by molar-refractivity contribution is 5.85. The Balaban J connectivity index is 1.28. The van der Waals surface area contributed by atoms with Crippen LogP contribution in [-0.2, 0) is 12.8 Å². The fourth-order valence-electron chi connectivity index (χ4n) is 6.28. The Hall–Kier alpha value is -2.59. The minimum Gasteiger partial charge on any atom is -0.205 e. The summed E-state index contributed by atoms with van der Waals surface area (Å²) in [5.74, 6) is 7.88. The number of benzene rings is 3. The molecule has 1 fully saturated rings. The number of aryl methyl sites for hydroxylation is 2. The average molecular weight is 525 g/mol. The Morgan fingerprint density at radius 3 is 2.03 bits per heavy atom. The van der Waals surface area contributed by atoms with Crippen LogP contribution in [0.4, 0.5) is 4.39 Å². The van der Waals surface area contributed by atoms with E-state index < -0.39 is 0 Å². The van der Waals surface area contributed by atoms with Crippen molar-refractivity contribution in [3.05, 3.63) is 82.7 Å². The van der Waals surface area contributed by atoms with Crippen molar-refractivity contribution < 1.29 is 4.39 Å². The topological polar surface area (TPSA) is 0 Å². The lowest BCUT2D eigenvalue weighted by molar-refractivity contribution is 0.249. The molecule has 0 bridgehead atoms. The zero-order valence-electron chi connectivity index (χ0n) is 24.5. The van der Waals surface area contributed by atoms with Gasteiger partial charge in [0.2, 0.25) is 0 Å². The fraction of sp³-hybridized carbons (Fsp3) is 0.526. The number of hydrogen-bond acceptors (Lipinski definition) is 0. The monoisotopic (exact) mass is 524 g/mol. The van der Waals surface area contributed by atoms with Gasteiger partial charge in [0.05, 0.1) is 5.56 Å². The Morgan fingerprint density at radius 1 is 0.641 bits per heavy atom. The first-order chi connectivity index (χ1) is 19.2. The van der Waals surface area contributed by atoms with Crippen LogP contribution in [0.25, 0.3) is 10.8 Å². The summed E-state index contributed by atoms with van der Waals surface area (Å²) in [7, 11) is 0. The van der Waals surface area contributed by atoms with Crippen molar-refractivity contribution in [2.75, 3.05) is 0 Å². The largest absolute Gasteiger partial charge is 0.205 e. The molecule has 0 atom stereocenters. The summed E-state index contributed by atoms with van der Waals surface area (Å²) in [6.07, 6.45) is 21.2. The second kappa shape index (κ2) is 15.9. The van der Waals surface area contributed by atoms with E-state index in [4.69, 9.17) is 0 Å². The Bertz CT molecular complexity index is 1200. The summed E-state index contributed by atoms with van der Waals surface area (Å²) in [5, 5.41) is 1.66. The van der Waals surface area contributed by atoms with Gasteiger partial charge >= 0.3 is 0 Å². The van der Waals surface area contributed by atoms with Crippen LogP contribution >= 0.6 is 0 Å². The van der Waals surface area contributed by atoms with Gasteiger partial charge in [-0.15, -0.1) is 0 Å². The van der Waals surface area contributed by atoms with E-state index in [-0.39, 0.29) is 5.82 Å². The van der Waals surface area contributed by atoms with E-state index in [9.17, 15) is 0 Å². The molecule has 0 radical (unpaired) electrons. The highest BCUT2D eigenvalue weighted by Crippen LogP contribution is 2.34. The van der Waals surface area contributed by atoms with Gasteiger partial charge in [0.25, 0.3) is 0 Å². The first-order valence-corrected chi connectivity index (χ1v) is 16.0. The van der Waals surface area contributed by atoms with E-state index in [0.29, 0.717) is 10.9 Å². The second-order valence-electron chi connectivity index (χ2n) is 12.0. The number of rotatable bonds is 13. The molecule has 0 saturated heterocycles. The molecule has 0 heterocycles. The molecular formula is C38H49F. The predicted molar refractivity (Wildman–Crippen MR) is 167 cm³/mol. The highest BCUT2D eigenvalue weighted by Gasteiger charge is 2.20. The maximum atomic E-state index is 15.3. The molecule has 0 aliphatic heterocycles. The van der Waals surface area contributed by atoms with Gasteiger partial charge in [-0.05, 0) is 72.2 Å². The predicted octanol–water partition coefficient (Wildman–Crippen LogP) is 11.2. The molecule has 3 aromatic rings. The van der Waals surface area contributed by atoms with Gasteiger partial charge in [0, 0.05) is 10.9 Å². The fourth-order valence-corrected chi connectivity index (χ4v) is 6.28. The van der Waals surface area contributed by atoms with Crippen LogP contribution in [0.2, 0.25) is 0 Å². The van der Waals surface area contributed by atoms with Gasteiger partial charge < -0.3 is 0 Å². The van der Waals surface area contributed by atoms with Crippen LogP contribution in [0.3, 0.4) is 0 Å². The zero-order chi connectivity index (χ0) is 27.3. The van der Waals surface area contributed by atoms with Crippen LogP contribution in [-0.4, -0.2) is 0 Å². The summed E-state index contributed by atoms with van der Waals surface area (Å²) < 4.78 is 15.3. The van der Waals surface area contributed by atoms with Crippen molar-refractivity contribution in [1.29, 1.82) is 0 Å². The highest BCUT2D eigenvalue weighted by atomic mass is 19.1. The minimum absolute atomic E-state index is 0.198. The normalized spacial score (nSPS) is 17.2. The SMILES string of the molecule is CCCCCCc1ccc(C#Cc2ccc3cc(CCC4CCC(CCCCCC)CC4)ccc3c2F)cc1. The molecule has 1 aliphatic rings. The molecule has 0 amide bonds. The molecule has 4 rings (SSSR count). The van der Waals surface area contributed by atoms with E-state index in [1.54, 1.807) is 0 Å². The molecule has 208 valence electrons. The third-order valence-corrected chi connectivity index (χ3v) is 8.91. The lowest BCUT2D eigenvalue weighted by Gasteiger charge is -2.28. The van der Waals surface area contributed by atoms with Gasteiger partial charge in [-0.1, -0.05) is 139 Å². The van der Waals surface area contributed by atoms with Crippen LogP contribution in [0.5, 0.6) is 0 Å². The Labute approximate surface area is 237 Å². The summed E-state index contributed by atoms with van der Waals surface area (Å²) in [5.41, 5.74) is 4.10. The lowest BCUT2D eigenvalue weighted by Crippen LogP contribution is -2.15. The summed E-state index contributed by atoms with van der Waals surface area (Å²) in [6.45, 7) is 4.53.